The lowest BCUT2D eigenvalue weighted by molar-refractivity contribution is -0.119. The second-order valence-electron chi connectivity index (χ2n) is 8.50. The topological polar surface area (TPSA) is 122 Å². The summed E-state index contributed by atoms with van der Waals surface area (Å²) in [6, 6.07) is 22.0. The molecule has 38 heavy (non-hydrogen) atoms. The van der Waals surface area contributed by atoms with E-state index in [-0.39, 0.29) is 18.0 Å². The Morgan fingerprint density at radius 1 is 0.816 bits per heavy atom. The number of carbonyl (C=O) groups excluding carboxylic acids is 1. The number of amides is 1. The van der Waals surface area contributed by atoms with E-state index in [0.29, 0.717) is 23.8 Å². The Kier molecular flexibility index (Phi) is 9.72. The summed E-state index contributed by atoms with van der Waals surface area (Å²) in [7, 11) is -4.37. The van der Waals surface area contributed by atoms with Crippen LogP contribution in [0.3, 0.4) is 0 Å². The lowest BCUT2D eigenvalue weighted by atomic mass is 10.2. The van der Waals surface area contributed by atoms with E-state index in [0.717, 1.165) is 20.4 Å². The van der Waals surface area contributed by atoms with Crippen LogP contribution in [0.25, 0.3) is 0 Å². The second kappa shape index (κ2) is 12.8. The van der Waals surface area contributed by atoms with Gasteiger partial charge in [0.15, 0.2) is 0 Å². The van der Waals surface area contributed by atoms with Gasteiger partial charge in [-0.1, -0.05) is 30.3 Å². The monoisotopic (exact) mass is 561 g/mol. The van der Waals surface area contributed by atoms with Crippen LogP contribution in [-0.2, 0) is 31.4 Å². The molecule has 0 saturated heterocycles. The molecule has 0 aliphatic rings. The van der Waals surface area contributed by atoms with E-state index >= 15 is 0 Å². The minimum atomic E-state index is -3.73. The smallest absolute Gasteiger partial charge is 0.242 e. The molecule has 12 heteroatoms. The van der Waals surface area contributed by atoms with Gasteiger partial charge in [-0.25, -0.2) is 21.1 Å². The molecule has 0 saturated carbocycles. The van der Waals surface area contributed by atoms with Crippen LogP contribution in [0.15, 0.2) is 83.8 Å². The van der Waals surface area contributed by atoms with E-state index in [4.69, 9.17) is 9.47 Å². The molecule has 0 atom stereocenters. The zero-order valence-corrected chi connectivity index (χ0v) is 23.0. The van der Waals surface area contributed by atoms with Gasteiger partial charge in [0.2, 0.25) is 26.0 Å². The van der Waals surface area contributed by atoms with Crippen molar-refractivity contribution in [2.75, 3.05) is 44.4 Å². The number of ether oxygens (including phenoxy) is 2. The first-order chi connectivity index (χ1) is 18.0. The fourth-order valence-corrected chi connectivity index (χ4v) is 5.07. The summed E-state index contributed by atoms with van der Waals surface area (Å²) in [5.41, 5.74) is 1.34. The van der Waals surface area contributed by atoms with Crippen LogP contribution in [0, 0.1) is 0 Å². The van der Waals surface area contributed by atoms with Gasteiger partial charge in [-0.3, -0.25) is 9.10 Å². The first-order valence-corrected chi connectivity index (χ1v) is 14.9. The molecule has 0 spiro atoms. The van der Waals surface area contributed by atoms with Crippen molar-refractivity contribution in [2.24, 2.45) is 0 Å². The van der Waals surface area contributed by atoms with Gasteiger partial charge < -0.3 is 14.8 Å². The SMILES string of the molecule is CN(C)S(=O)(=O)c1ccc(OCCNC(=O)CN(c2ccc(OCc3ccccc3)cc2)S(C)(=O)=O)cc1. The minimum absolute atomic E-state index is 0.109. The number of nitrogens with zero attached hydrogens (tertiary/aromatic N) is 2. The molecule has 3 aromatic carbocycles. The van der Waals surface area contributed by atoms with Crippen molar-refractivity contribution in [2.45, 2.75) is 11.5 Å². The quantitative estimate of drug-likeness (QED) is 0.318. The van der Waals surface area contributed by atoms with E-state index in [1.165, 1.54) is 38.4 Å². The Bertz CT molecular complexity index is 1410. The molecule has 0 bridgehead atoms. The highest BCUT2D eigenvalue weighted by atomic mass is 32.2. The Morgan fingerprint density at radius 3 is 1.97 bits per heavy atom. The summed E-state index contributed by atoms with van der Waals surface area (Å²) in [4.78, 5) is 12.6. The zero-order valence-electron chi connectivity index (χ0n) is 21.4. The van der Waals surface area contributed by atoms with Gasteiger partial charge in [0, 0.05) is 14.1 Å². The van der Waals surface area contributed by atoms with Crippen molar-refractivity contribution in [3.8, 4) is 11.5 Å². The minimum Gasteiger partial charge on any atom is -0.492 e. The summed E-state index contributed by atoms with van der Waals surface area (Å²) >= 11 is 0. The summed E-state index contributed by atoms with van der Waals surface area (Å²) in [5.74, 6) is 0.500. The molecular formula is C26H31N3O7S2. The third kappa shape index (κ3) is 8.20. The Balaban J connectivity index is 1.50. The summed E-state index contributed by atoms with van der Waals surface area (Å²) in [6.07, 6.45) is 1.03. The maximum absolute atomic E-state index is 12.5. The number of carbonyl (C=O) groups is 1. The fraction of sp³-hybridized carbons (Fsp3) is 0.269. The van der Waals surface area contributed by atoms with E-state index < -0.39 is 32.5 Å². The number of hydrogen-bond donors (Lipinski definition) is 1. The van der Waals surface area contributed by atoms with E-state index in [9.17, 15) is 21.6 Å². The van der Waals surface area contributed by atoms with Gasteiger partial charge in [-0.05, 0) is 54.1 Å². The highest BCUT2D eigenvalue weighted by molar-refractivity contribution is 7.92. The van der Waals surface area contributed by atoms with Crippen molar-refractivity contribution < 1.29 is 31.1 Å². The van der Waals surface area contributed by atoms with Crippen molar-refractivity contribution >= 4 is 31.6 Å². The molecule has 0 unspecified atom stereocenters. The molecule has 0 aliphatic carbocycles. The highest BCUT2D eigenvalue weighted by Gasteiger charge is 2.21. The largest absolute Gasteiger partial charge is 0.492 e. The first kappa shape index (κ1) is 29.0. The van der Waals surface area contributed by atoms with Gasteiger partial charge in [0.25, 0.3) is 0 Å². The van der Waals surface area contributed by atoms with Crippen LogP contribution in [-0.4, -0.2) is 67.1 Å². The zero-order chi connectivity index (χ0) is 27.8. The Morgan fingerprint density at radius 2 is 1.39 bits per heavy atom. The van der Waals surface area contributed by atoms with Gasteiger partial charge >= 0.3 is 0 Å². The average Bonchev–Trinajstić information content (AvgIpc) is 2.89. The van der Waals surface area contributed by atoms with E-state index in [2.05, 4.69) is 5.32 Å². The molecular weight excluding hydrogens is 530 g/mol. The van der Waals surface area contributed by atoms with Crippen LogP contribution in [0.2, 0.25) is 0 Å². The fourth-order valence-electron chi connectivity index (χ4n) is 3.31. The third-order valence-corrected chi connectivity index (χ3v) is 8.33. The normalized spacial score (nSPS) is 11.7. The van der Waals surface area contributed by atoms with Crippen LogP contribution in [0.1, 0.15) is 5.56 Å². The van der Waals surface area contributed by atoms with Crippen LogP contribution >= 0.6 is 0 Å². The lowest BCUT2D eigenvalue weighted by Gasteiger charge is -2.22. The van der Waals surface area contributed by atoms with Crippen molar-refractivity contribution in [3.63, 3.8) is 0 Å². The van der Waals surface area contributed by atoms with Gasteiger partial charge in [0.1, 0.15) is 31.3 Å². The molecule has 0 heterocycles. The molecule has 204 valence electrons. The van der Waals surface area contributed by atoms with Gasteiger partial charge in [-0.2, -0.15) is 0 Å². The number of nitrogens with one attached hydrogen (secondary N) is 1. The average molecular weight is 562 g/mol. The Hall–Kier alpha value is -3.61. The second-order valence-corrected chi connectivity index (χ2v) is 12.6. The maximum Gasteiger partial charge on any atom is 0.242 e. The maximum atomic E-state index is 12.5. The van der Waals surface area contributed by atoms with Gasteiger partial charge in [-0.15, -0.1) is 0 Å². The van der Waals surface area contributed by atoms with Crippen LogP contribution in [0.5, 0.6) is 11.5 Å². The Labute approximate surface area is 223 Å². The standard InChI is InChI=1S/C26H31N3O7S2/c1-28(2)38(33,34)25-15-13-23(14-16-25)35-18-17-27-26(30)19-29(37(3,31)32)22-9-11-24(12-10-22)36-20-21-7-5-4-6-8-21/h4-16H,17-20H2,1-3H3,(H,27,30). The predicted octanol–water partition coefficient (Wildman–Crippen LogP) is 2.48. The van der Waals surface area contributed by atoms with Crippen LogP contribution < -0.4 is 19.1 Å². The number of hydrogen-bond acceptors (Lipinski definition) is 7. The molecule has 1 amide bonds. The first-order valence-electron chi connectivity index (χ1n) is 11.6. The van der Waals surface area contributed by atoms with E-state index in [1.807, 2.05) is 30.3 Å². The van der Waals surface area contributed by atoms with E-state index in [1.54, 1.807) is 24.3 Å². The molecule has 3 rings (SSSR count). The van der Waals surface area contributed by atoms with Crippen molar-refractivity contribution in [1.82, 2.24) is 9.62 Å². The molecule has 0 aliphatic heterocycles. The predicted molar refractivity (Wildman–Crippen MR) is 145 cm³/mol. The molecule has 3 aromatic rings. The van der Waals surface area contributed by atoms with Crippen molar-refractivity contribution in [3.05, 3.63) is 84.4 Å². The molecule has 0 radical (unpaired) electrons. The third-order valence-electron chi connectivity index (χ3n) is 5.36. The van der Waals surface area contributed by atoms with Crippen molar-refractivity contribution in [1.29, 1.82) is 0 Å². The van der Waals surface area contributed by atoms with Crippen LogP contribution in [0.4, 0.5) is 5.69 Å². The lowest BCUT2D eigenvalue weighted by Crippen LogP contribution is -2.41. The summed E-state index contributed by atoms with van der Waals surface area (Å²) < 4.78 is 62.4. The molecule has 0 fully saturated rings. The number of benzene rings is 3. The number of sulfonamides is 2. The summed E-state index contributed by atoms with van der Waals surface area (Å²) in [6.45, 7) is 0.207. The molecule has 0 aromatic heterocycles. The highest BCUT2D eigenvalue weighted by Crippen LogP contribution is 2.22. The molecule has 1 N–H and O–H groups in total. The number of rotatable bonds is 13. The number of anilines is 1. The summed E-state index contributed by atoms with van der Waals surface area (Å²) in [5, 5.41) is 2.63. The van der Waals surface area contributed by atoms with Gasteiger partial charge in [0.05, 0.1) is 23.4 Å². The molecule has 10 nitrogen and oxygen atoms in total.